The Morgan fingerprint density at radius 2 is 0.527 bits per heavy atom. The molecule has 4 heteroatoms. The number of aryl methyl sites for hydroxylation is 1. The number of aromatic nitrogens is 2. The Bertz CT molecular complexity index is 4640. The van der Waals surface area contributed by atoms with E-state index in [2.05, 4.69) is 377 Å². The van der Waals surface area contributed by atoms with E-state index in [1.54, 1.807) is 0 Å². The first kappa shape index (κ1) is 56.6. The molecule has 0 bridgehead atoms. The van der Waals surface area contributed by atoms with E-state index in [0.717, 1.165) is 118 Å². The number of para-hydroxylation sites is 4. The van der Waals surface area contributed by atoms with Crippen LogP contribution in [0.1, 0.15) is 58.2 Å². The maximum atomic E-state index is 2.57. The third-order valence-electron chi connectivity index (χ3n) is 18.2. The van der Waals surface area contributed by atoms with Crippen LogP contribution in [0, 0.1) is 6.92 Å². The predicted molar refractivity (Wildman–Crippen MR) is 388 cm³/mol. The summed E-state index contributed by atoms with van der Waals surface area (Å²) >= 11 is 0. The van der Waals surface area contributed by atoms with Crippen LogP contribution in [0.25, 0.3) is 99.5 Å². The van der Waals surface area contributed by atoms with E-state index in [9.17, 15) is 0 Å². The first-order valence-electron chi connectivity index (χ1n) is 31.8. The topological polar surface area (TPSA) is 16.3 Å². The predicted octanol–water partition coefficient (Wildman–Crippen LogP) is 24.4. The quantitative estimate of drug-likeness (QED) is 0.121. The lowest BCUT2D eigenvalue weighted by Gasteiger charge is -2.35. The molecule has 2 heterocycles. The smallest absolute Gasteiger partial charge is 0.0618 e. The molecule has 0 aliphatic rings. The van der Waals surface area contributed by atoms with Gasteiger partial charge in [0.15, 0.2) is 0 Å². The van der Waals surface area contributed by atoms with Gasteiger partial charge in [-0.2, -0.15) is 0 Å². The molecule has 0 atom stereocenters. The van der Waals surface area contributed by atoms with Crippen molar-refractivity contribution >= 4 is 77.7 Å². The minimum atomic E-state index is -0.174. The van der Waals surface area contributed by atoms with Crippen LogP contribution in [-0.4, -0.2) is 9.13 Å². The number of nitrogens with zero attached hydrogens (tertiary/aromatic N) is 4. The molecule has 13 aromatic carbocycles. The second kappa shape index (κ2) is 22.9. The summed E-state index contributed by atoms with van der Waals surface area (Å²) in [6.45, 7) is 16.3. The Morgan fingerprint density at radius 1 is 0.253 bits per heavy atom. The lowest BCUT2D eigenvalue weighted by atomic mass is 9.81. The summed E-state index contributed by atoms with van der Waals surface area (Å²) in [5.41, 5.74) is 25.5. The Kier molecular flexibility index (Phi) is 14.2. The molecule has 0 N–H and O–H groups in total. The van der Waals surface area contributed by atoms with Crippen molar-refractivity contribution in [3.63, 3.8) is 0 Å². The highest BCUT2D eigenvalue weighted by atomic mass is 15.2. The number of benzene rings is 13. The molecule has 4 nitrogen and oxygen atoms in total. The molecule has 440 valence electrons. The van der Waals surface area contributed by atoms with E-state index in [-0.39, 0.29) is 10.8 Å². The van der Waals surface area contributed by atoms with Gasteiger partial charge in [-0.15, -0.1) is 0 Å². The molecule has 0 fully saturated rings. The summed E-state index contributed by atoms with van der Waals surface area (Å²) in [7, 11) is 0. The summed E-state index contributed by atoms with van der Waals surface area (Å²) in [6, 6.07) is 115. The van der Waals surface area contributed by atoms with Gasteiger partial charge in [-0.3, -0.25) is 0 Å². The van der Waals surface area contributed by atoms with Gasteiger partial charge in [0, 0.05) is 77.9 Å². The summed E-state index contributed by atoms with van der Waals surface area (Å²) < 4.78 is 4.88. The fraction of sp³-hybridized carbons (Fsp3) is 0.103. The van der Waals surface area contributed by atoms with Gasteiger partial charge >= 0.3 is 0 Å². The third-order valence-corrected chi connectivity index (χ3v) is 18.2. The van der Waals surface area contributed by atoms with Crippen molar-refractivity contribution in [2.45, 2.75) is 59.3 Å². The lowest BCUT2D eigenvalue weighted by molar-refractivity contribution is 0.590. The molecule has 2 aromatic heterocycles. The maximum absolute atomic E-state index is 2.57. The zero-order valence-electron chi connectivity index (χ0n) is 52.7. The second-order valence-electron chi connectivity index (χ2n) is 26.3. The van der Waals surface area contributed by atoms with Crippen LogP contribution in [0.5, 0.6) is 0 Å². The Labute approximate surface area is 534 Å². The molecule has 0 aliphatic heterocycles. The summed E-state index contributed by atoms with van der Waals surface area (Å²) in [4.78, 5) is 5.13. The van der Waals surface area contributed by atoms with Crippen LogP contribution in [0.15, 0.2) is 309 Å². The Balaban J connectivity index is 1.07. The van der Waals surface area contributed by atoms with Crippen molar-refractivity contribution in [3.05, 3.63) is 326 Å². The van der Waals surface area contributed by atoms with Gasteiger partial charge < -0.3 is 18.9 Å². The van der Waals surface area contributed by atoms with Gasteiger partial charge in [0.2, 0.25) is 0 Å². The first-order valence-corrected chi connectivity index (χ1v) is 31.8. The van der Waals surface area contributed by atoms with Crippen molar-refractivity contribution in [1.29, 1.82) is 0 Å². The average Bonchev–Trinajstić information content (AvgIpc) is 1.15. The minimum absolute atomic E-state index is 0.174. The number of fused-ring (bicyclic) bond motifs is 6. The van der Waals surface area contributed by atoms with E-state index >= 15 is 0 Å². The molecule has 0 aliphatic carbocycles. The highest BCUT2D eigenvalue weighted by molar-refractivity contribution is 6.11. The molecule has 0 amide bonds. The maximum Gasteiger partial charge on any atom is 0.0618 e. The van der Waals surface area contributed by atoms with Crippen molar-refractivity contribution in [1.82, 2.24) is 9.13 Å². The van der Waals surface area contributed by atoms with E-state index in [0.29, 0.717) is 0 Å². The van der Waals surface area contributed by atoms with Crippen LogP contribution in [-0.2, 0) is 10.8 Å². The monoisotopic (exact) mass is 1170 g/mol. The molecular formula is C87H72N4. The molecule has 15 rings (SSSR count). The van der Waals surface area contributed by atoms with E-state index in [1.807, 2.05) is 0 Å². The van der Waals surface area contributed by atoms with Crippen molar-refractivity contribution < 1.29 is 0 Å². The first-order chi connectivity index (χ1) is 44.3. The fourth-order valence-electron chi connectivity index (χ4n) is 13.7. The molecule has 0 spiro atoms. The molecule has 91 heavy (non-hydrogen) atoms. The number of hydrogen-bond donors (Lipinski definition) is 0. The van der Waals surface area contributed by atoms with Gasteiger partial charge in [0.05, 0.1) is 33.4 Å². The zero-order chi connectivity index (χ0) is 62.0. The third kappa shape index (κ3) is 10.3. The van der Waals surface area contributed by atoms with Gasteiger partial charge in [0.1, 0.15) is 0 Å². The van der Waals surface area contributed by atoms with Crippen LogP contribution >= 0.6 is 0 Å². The van der Waals surface area contributed by atoms with Gasteiger partial charge in [-0.25, -0.2) is 0 Å². The normalized spacial score (nSPS) is 11.9. The Morgan fingerprint density at radius 3 is 0.813 bits per heavy atom. The van der Waals surface area contributed by atoms with Crippen molar-refractivity contribution in [2.24, 2.45) is 0 Å². The zero-order valence-corrected chi connectivity index (χ0v) is 52.7. The summed E-state index contributed by atoms with van der Waals surface area (Å²) in [5, 5.41) is 4.90. The van der Waals surface area contributed by atoms with E-state index in [4.69, 9.17) is 0 Å². The molecule has 0 saturated heterocycles. The number of rotatable bonds is 12. The van der Waals surface area contributed by atoms with Crippen LogP contribution < -0.4 is 9.80 Å². The molecule has 0 unspecified atom stereocenters. The highest BCUT2D eigenvalue weighted by Crippen LogP contribution is 2.54. The average molecular weight is 1170 g/mol. The lowest BCUT2D eigenvalue weighted by Crippen LogP contribution is -2.18. The summed E-state index contributed by atoms with van der Waals surface area (Å²) in [6.07, 6.45) is 0. The van der Waals surface area contributed by atoms with Crippen LogP contribution in [0.3, 0.4) is 0 Å². The fourth-order valence-corrected chi connectivity index (χ4v) is 13.7. The summed E-state index contributed by atoms with van der Waals surface area (Å²) in [5.74, 6) is 0. The van der Waals surface area contributed by atoms with Crippen molar-refractivity contribution in [3.8, 4) is 55.9 Å². The van der Waals surface area contributed by atoms with E-state index in [1.165, 1.54) is 32.7 Å². The van der Waals surface area contributed by atoms with Gasteiger partial charge in [-0.05, 0) is 160 Å². The molecule has 0 saturated carbocycles. The largest absolute Gasteiger partial charge is 0.309 e. The number of hydrogen-bond acceptors (Lipinski definition) is 2. The number of anilines is 6. The van der Waals surface area contributed by atoms with Crippen molar-refractivity contribution in [2.75, 3.05) is 9.80 Å². The SMILES string of the molecule is Cc1cc(N(c2cccc(-n3c4ccccc4c4ccccc43)c2)c2c(-c3ccccc3)cc(C(C)(C)C)cc2-c2ccccc2)cc(N(c2cccc(-n3c4ccccc4c4ccccc43)c2)c2c(-c3ccccc3)cc(C(C)(C)C)cc2-c2ccccc2)c1. The minimum Gasteiger partial charge on any atom is -0.309 e. The van der Waals surface area contributed by atoms with Gasteiger partial charge in [-0.1, -0.05) is 248 Å². The van der Waals surface area contributed by atoms with E-state index < -0.39 is 0 Å². The molecule has 15 aromatic rings. The molecule has 0 radical (unpaired) electrons. The second-order valence-corrected chi connectivity index (χ2v) is 26.3. The molecular weight excluding hydrogens is 1100 g/mol. The standard InChI is InChI=1S/C87H72N4/c1-59-50-70(88(66-38-28-40-68(56-66)90-80-46-24-20-42-72(80)73-43-21-25-47-81(73)90)84-76(60-30-12-8-13-31-60)52-64(86(2,3)4)53-77(84)61-32-14-9-15-33-61)58-71(51-59)89(67-39-29-41-69(57-67)91-82-48-26-22-44-74(82)75-45-23-27-49-83(75)91)85-78(62-34-16-10-17-35-62)54-65(87(5,6)7)55-79(85)63-36-18-11-19-37-63/h8-58H,1-7H3. The van der Waals surface area contributed by atoms with Gasteiger partial charge in [0.25, 0.3) is 0 Å². The Hall–Kier alpha value is -10.9. The van der Waals surface area contributed by atoms with Crippen LogP contribution in [0.2, 0.25) is 0 Å². The highest BCUT2D eigenvalue weighted by Gasteiger charge is 2.31. The van der Waals surface area contributed by atoms with Crippen LogP contribution in [0.4, 0.5) is 34.1 Å².